The Balaban J connectivity index is 1.74. The third-order valence-electron chi connectivity index (χ3n) is 5.36. The van der Waals surface area contributed by atoms with Crippen molar-refractivity contribution in [3.8, 4) is 11.3 Å². The summed E-state index contributed by atoms with van der Waals surface area (Å²) >= 11 is 7.44. The fourth-order valence-corrected chi connectivity index (χ4v) is 4.60. The molecule has 36 heavy (non-hydrogen) atoms. The number of hydrogen-bond donors (Lipinski definition) is 1. The SMILES string of the molecule is COCC(C)(C)C(=O)n1nc(-c2cn(Cc3cnccn3)c(=O)cc2F)cc1NCc1ccc(Cl)s1. The molecule has 4 rings (SSSR count). The molecule has 0 aliphatic carbocycles. The van der Waals surface area contributed by atoms with Crippen LogP contribution in [-0.4, -0.2) is 43.9 Å². The van der Waals surface area contributed by atoms with E-state index in [9.17, 15) is 14.0 Å². The lowest BCUT2D eigenvalue weighted by Crippen LogP contribution is -2.35. The third kappa shape index (κ3) is 5.69. The molecule has 0 atom stereocenters. The van der Waals surface area contributed by atoms with Crippen LogP contribution in [0.15, 0.2) is 53.8 Å². The average Bonchev–Trinajstić information content (AvgIpc) is 3.45. The number of hydrogen-bond acceptors (Lipinski definition) is 8. The largest absolute Gasteiger partial charge is 0.384 e. The van der Waals surface area contributed by atoms with Gasteiger partial charge in [-0.2, -0.15) is 9.78 Å². The number of thiophene rings is 1. The highest BCUT2D eigenvalue weighted by molar-refractivity contribution is 7.16. The van der Waals surface area contributed by atoms with Crippen LogP contribution in [0.1, 0.15) is 29.2 Å². The van der Waals surface area contributed by atoms with Gasteiger partial charge in [0, 0.05) is 42.7 Å². The molecule has 0 aliphatic heterocycles. The fraction of sp³-hybridized carbons (Fsp3) is 0.292. The monoisotopic (exact) mass is 530 g/mol. The summed E-state index contributed by atoms with van der Waals surface area (Å²) < 4.78 is 23.4. The maximum atomic E-state index is 15.0. The van der Waals surface area contributed by atoms with E-state index in [2.05, 4.69) is 20.4 Å². The van der Waals surface area contributed by atoms with Crippen LogP contribution in [0.5, 0.6) is 0 Å². The molecule has 0 amide bonds. The number of methoxy groups -OCH3 is 1. The molecule has 0 radical (unpaired) electrons. The van der Waals surface area contributed by atoms with E-state index in [1.54, 1.807) is 26.0 Å². The number of carbonyl (C=O) groups is 1. The average molecular weight is 531 g/mol. The number of halogens is 2. The van der Waals surface area contributed by atoms with E-state index in [4.69, 9.17) is 16.3 Å². The number of rotatable bonds is 9. The molecule has 0 spiro atoms. The second-order valence-corrected chi connectivity index (χ2v) is 10.5. The molecule has 0 fully saturated rings. The van der Waals surface area contributed by atoms with Crippen LogP contribution in [-0.2, 0) is 17.8 Å². The Hall–Kier alpha value is -3.41. The van der Waals surface area contributed by atoms with E-state index in [0.29, 0.717) is 22.4 Å². The molecule has 0 saturated carbocycles. The normalized spacial score (nSPS) is 11.6. The van der Waals surface area contributed by atoms with Crippen molar-refractivity contribution in [3.63, 3.8) is 0 Å². The zero-order chi connectivity index (χ0) is 25.9. The first-order valence-electron chi connectivity index (χ1n) is 10.9. The van der Waals surface area contributed by atoms with Crippen LogP contribution in [0.2, 0.25) is 4.34 Å². The number of nitrogens with one attached hydrogen (secondary N) is 1. The molecule has 4 aromatic rings. The number of nitrogens with zero attached hydrogens (tertiary/aromatic N) is 5. The van der Waals surface area contributed by atoms with Gasteiger partial charge in [0.1, 0.15) is 11.6 Å². The van der Waals surface area contributed by atoms with Crippen LogP contribution in [0.25, 0.3) is 11.3 Å². The minimum absolute atomic E-state index is 0.0665. The van der Waals surface area contributed by atoms with E-state index in [0.717, 1.165) is 10.9 Å². The van der Waals surface area contributed by atoms with Crippen molar-refractivity contribution in [2.45, 2.75) is 26.9 Å². The van der Waals surface area contributed by atoms with E-state index < -0.39 is 16.8 Å². The van der Waals surface area contributed by atoms with E-state index >= 15 is 0 Å². The number of pyridine rings is 1. The molecule has 188 valence electrons. The van der Waals surface area contributed by atoms with Crippen LogP contribution in [0.3, 0.4) is 0 Å². The fourth-order valence-electron chi connectivity index (χ4n) is 3.58. The molecule has 4 aromatic heterocycles. The van der Waals surface area contributed by atoms with Gasteiger partial charge in [0.25, 0.3) is 11.5 Å². The van der Waals surface area contributed by atoms with Gasteiger partial charge in [0.2, 0.25) is 0 Å². The molecule has 0 saturated heterocycles. The van der Waals surface area contributed by atoms with Crippen LogP contribution in [0, 0.1) is 11.2 Å². The number of ether oxygens (including phenoxy) is 1. The van der Waals surface area contributed by atoms with Gasteiger partial charge >= 0.3 is 0 Å². The Kier molecular flexibility index (Phi) is 7.62. The molecular weight excluding hydrogens is 507 g/mol. The first-order chi connectivity index (χ1) is 17.2. The van der Waals surface area contributed by atoms with E-state index in [1.807, 2.05) is 6.07 Å². The molecule has 0 unspecified atom stereocenters. The van der Waals surface area contributed by atoms with Gasteiger partial charge in [-0.05, 0) is 26.0 Å². The molecule has 0 aromatic carbocycles. The van der Waals surface area contributed by atoms with Crippen molar-refractivity contribution >= 4 is 34.7 Å². The number of aromatic nitrogens is 5. The first-order valence-corrected chi connectivity index (χ1v) is 12.1. The zero-order valence-electron chi connectivity index (χ0n) is 19.9. The lowest BCUT2D eigenvalue weighted by Gasteiger charge is -2.22. The first kappa shape index (κ1) is 25.7. The molecule has 0 aliphatic rings. The molecule has 4 heterocycles. The Morgan fingerprint density at radius 2 is 2.08 bits per heavy atom. The van der Waals surface area contributed by atoms with E-state index in [1.165, 1.54) is 52.5 Å². The van der Waals surface area contributed by atoms with Gasteiger partial charge in [-0.3, -0.25) is 19.6 Å². The van der Waals surface area contributed by atoms with Gasteiger partial charge in [-0.1, -0.05) is 11.6 Å². The number of carbonyl (C=O) groups excluding carboxylic acids is 1. The summed E-state index contributed by atoms with van der Waals surface area (Å²) in [6.45, 7) is 4.13. The summed E-state index contributed by atoms with van der Waals surface area (Å²) in [6.07, 6.45) is 5.93. The van der Waals surface area contributed by atoms with E-state index in [-0.39, 0.29) is 30.3 Å². The lowest BCUT2D eigenvalue weighted by atomic mass is 9.94. The quantitative estimate of drug-likeness (QED) is 0.343. The summed E-state index contributed by atoms with van der Waals surface area (Å²) in [5, 5.41) is 7.62. The second-order valence-electron chi connectivity index (χ2n) is 8.71. The van der Waals surface area contributed by atoms with Crippen LogP contribution in [0.4, 0.5) is 10.2 Å². The second kappa shape index (κ2) is 10.7. The maximum Gasteiger partial charge on any atom is 0.256 e. The predicted molar refractivity (Wildman–Crippen MR) is 136 cm³/mol. The minimum Gasteiger partial charge on any atom is -0.384 e. The van der Waals surface area contributed by atoms with Gasteiger partial charge in [-0.15, -0.1) is 11.3 Å². The summed E-state index contributed by atoms with van der Waals surface area (Å²) in [5.74, 6) is -0.717. The third-order valence-corrected chi connectivity index (χ3v) is 6.59. The summed E-state index contributed by atoms with van der Waals surface area (Å²) in [7, 11) is 1.51. The molecule has 12 heteroatoms. The molecule has 1 N–H and O–H groups in total. The smallest absolute Gasteiger partial charge is 0.256 e. The van der Waals surface area contributed by atoms with Gasteiger partial charge in [-0.25, -0.2) is 4.39 Å². The Morgan fingerprint density at radius 3 is 2.75 bits per heavy atom. The topological polar surface area (TPSA) is 104 Å². The summed E-state index contributed by atoms with van der Waals surface area (Å²) in [5.41, 5.74) is -0.641. The highest BCUT2D eigenvalue weighted by atomic mass is 35.5. The minimum atomic E-state index is -0.899. The molecule has 9 nitrogen and oxygen atoms in total. The van der Waals surface area contributed by atoms with Crippen LogP contribution < -0.4 is 10.9 Å². The highest BCUT2D eigenvalue weighted by Gasteiger charge is 2.32. The highest BCUT2D eigenvalue weighted by Crippen LogP contribution is 2.29. The molecule has 0 bridgehead atoms. The van der Waals surface area contributed by atoms with Crippen molar-refractivity contribution < 1.29 is 13.9 Å². The van der Waals surface area contributed by atoms with Crippen molar-refractivity contribution in [1.29, 1.82) is 0 Å². The van der Waals surface area contributed by atoms with Gasteiger partial charge < -0.3 is 14.6 Å². The standard InChI is InChI=1S/C24H24ClFN6O3S/c1-24(2,14-35-3)23(34)32-21(29-11-16-4-5-20(25)36-16)9-19(30-32)17-13-31(22(33)8-18(17)26)12-15-10-27-6-7-28-15/h4-10,13,29H,11-12,14H2,1-3H3. The van der Waals surface area contributed by atoms with Gasteiger partial charge in [0.15, 0.2) is 0 Å². The summed E-state index contributed by atoms with van der Waals surface area (Å²) in [6, 6.07) is 6.13. The van der Waals surface area contributed by atoms with Crippen molar-refractivity contribution in [1.82, 2.24) is 24.3 Å². The Bertz CT molecular complexity index is 1430. The van der Waals surface area contributed by atoms with Crippen LogP contribution >= 0.6 is 22.9 Å². The zero-order valence-corrected chi connectivity index (χ0v) is 21.4. The summed E-state index contributed by atoms with van der Waals surface area (Å²) in [4.78, 5) is 34.9. The predicted octanol–water partition coefficient (Wildman–Crippen LogP) is 4.33. The maximum absolute atomic E-state index is 15.0. The Labute approximate surface area is 215 Å². The van der Waals surface area contributed by atoms with Crippen molar-refractivity contribution in [2.24, 2.45) is 5.41 Å². The van der Waals surface area contributed by atoms with Crippen molar-refractivity contribution in [2.75, 3.05) is 19.0 Å². The van der Waals surface area contributed by atoms with Crippen molar-refractivity contribution in [3.05, 3.63) is 80.1 Å². The molecular formula is C24H24ClFN6O3S. The Morgan fingerprint density at radius 1 is 1.28 bits per heavy atom. The lowest BCUT2D eigenvalue weighted by molar-refractivity contribution is 0.0529. The van der Waals surface area contributed by atoms with Gasteiger partial charge in [0.05, 0.1) is 52.6 Å². The number of anilines is 1.